The van der Waals surface area contributed by atoms with Crippen molar-refractivity contribution in [3.05, 3.63) is 119 Å². The van der Waals surface area contributed by atoms with Gasteiger partial charge < -0.3 is 28.4 Å². The minimum Gasteiger partial charge on any atom is -0.493 e. The van der Waals surface area contributed by atoms with E-state index in [1.807, 2.05) is 48.5 Å². The molecule has 6 nitrogen and oxygen atoms in total. The van der Waals surface area contributed by atoms with Crippen molar-refractivity contribution in [2.24, 2.45) is 0 Å². The van der Waals surface area contributed by atoms with Crippen molar-refractivity contribution >= 4 is 24.3 Å². The molecule has 3 unspecified atom stereocenters. The molecule has 4 aromatic rings. The monoisotopic (exact) mass is 590 g/mol. The van der Waals surface area contributed by atoms with Gasteiger partial charge in [0.1, 0.15) is 48.4 Å². The van der Waals surface area contributed by atoms with Crippen LogP contribution in [0.5, 0.6) is 23.0 Å². The number of epoxide rings is 2. The van der Waals surface area contributed by atoms with Gasteiger partial charge in [0.05, 0.1) is 25.9 Å². The Hall–Kier alpha value is -4.52. The lowest BCUT2D eigenvalue weighted by Crippen LogP contribution is -2.15. The molecule has 226 valence electrons. The Morgan fingerprint density at radius 1 is 0.545 bits per heavy atom. The van der Waals surface area contributed by atoms with E-state index in [2.05, 4.69) is 79.8 Å². The molecule has 2 heterocycles. The Balaban J connectivity index is 0.885. The van der Waals surface area contributed by atoms with Crippen LogP contribution in [0, 0.1) is 0 Å². The van der Waals surface area contributed by atoms with Crippen LogP contribution in [0.15, 0.2) is 97.1 Å². The summed E-state index contributed by atoms with van der Waals surface area (Å²) >= 11 is 0. The lowest BCUT2D eigenvalue weighted by atomic mass is 10.1. The van der Waals surface area contributed by atoms with Crippen molar-refractivity contribution in [3.8, 4) is 23.0 Å². The largest absolute Gasteiger partial charge is 0.493 e. The van der Waals surface area contributed by atoms with E-state index in [9.17, 15) is 0 Å². The summed E-state index contributed by atoms with van der Waals surface area (Å²) in [5.74, 6) is 3.43. The number of hydrogen-bond acceptors (Lipinski definition) is 6. The van der Waals surface area contributed by atoms with E-state index in [0.29, 0.717) is 19.8 Å². The van der Waals surface area contributed by atoms with Crippen LogP contribution in [0.25, 0.3) is 24.3 Å². The average Bonchev–Trinajstić information content (AvgIpc) is 3.99. The van der Waals surface area contributed by atoms with E-state index >= 15 is 0 Å². The first-order valence-electron chi connectivity index (χ1n) is 15.2. The van der Waals surface area contributed by atoms with Gasteiger partial charge in [-0.1, -0.05) is 72.8 Å². The van der Waals surface area contributed by atoms with E-state index in [0.717, 1.165) is 64.9 Å². The van der Waals surface area contributed by atoms with Gasteiger partial charge in [-0.25, -0.2) is 0 Å². The Morgan fingerprint density at radius 3 is 1.25 bits per heavy atom. The zero-order valence-corrected chi connectivity index (χ0v) is 25.0. The van der Waals surface area contributed by atoms with E-state index in [1.54, 1.807) is 0 Å². The molecule has 0 amide bonds. The quantitative estimate of drug-likeness (QED) is 0.0980. The van der Waals surface area contributed by atoms with Crippen molar-refractivity contribution in [3.63, 3.8) is 0 Å². The first-order chi connectivity index (χ1) is 21.6. The van der Waals surface area contributed by atoms with Crippen LogP contribution in [0.1, 0.15) is 35.6 Å². The molecule has 2 saturated heterocycles. The normalized spacial score (nSPS) is 17.8. The lowest BCUT2D eigenvalue weighted by Gasteiger charge is -2.15. The third kappa shape index (κ3) is 9.76. The van der Waals surface area contributed by atoms with Gasteiger partial charge in [0, 0.05) is 6.42 Å². The zero-order chi connectivity index (χ0) is 30.0. The van der Waals surface area contributed by atoms with Crippen molar-refractivity contribution < 1.29 is 28.4 Å². The number of rotatable bonds is 16. The summed E-state index contributed by atoms with van der Waals surface area (Å²) in [5, 5.41) is 0. The topological polar surface area (TPSA) is 62.0 Å². The summed E-state index contributed by atoms with van der Waals surface area (Å²) in [7, 11) is 0. The molecular weight excluding hydrogens is 552 g/mol. The highest BCUT2D eigenvalue weighted by molar-refractivity contribution is 5.71. The fourth-order valence-electron chi connectivity index (χ4n) is 4.41. The fraction of sp³-hybridized carbons (Fsp3) is 0.263. The molecule has 0 aliphatic carbocycles. The summed E-state index contributed by atoms with van der Waals surface area (Å²) in [5.41, 5.74) is 4.46. The van der Waals surface area contributed by atoms with Crippen LogP contribution in [0.3, 0.4) is 0 Å². The van der Waals surface area contributed by atoms with E-state index in [-0.39, 0.29) is 18.3 Å². The van der Waals surface area contributed by atoms with E-state index in [1.165, 1.54) is 0 Å². The molecule has 3 atom stereocenters. The molecule has 2 aliphatic heterocycles. The Bertz CT molecular complexity index is 1500. The van der Waals surface area contributed by atoms with Gasteiger partial charge >= 0.3 is 0 Å². The molecule has 0 aromatic heterocycles. The minimum atomic E-state index is 0.0321. The van der Waals surface area contributed by atoms with Gasteiger partial charge in [0.15, 0.2) is 0 Å². The SMILES string of the molecule is CC(CCOc1ccc(C=Cc2ccc(OCC3CO3)cc2)cc1)Oc1ccc(C=Cc2ccc(OCC3CO3)cc2)cc1. The first-order valence-corrected chi connectivity index (χ1v) is 15.2. The molecule has 0 N–H and O–H groups in total. The van der Waals surface area contributed by atoms with Crippen LogP contribution in [-0.2, 0) is 9.47 Å². The number of hydrogen-bond donors (Lipinski definition) is 0. The minimum absolute atomic E-state index is 0.0321. The maximum Gasteiger partial charge on any atom is 0.119 e. The molecule has 0 spiro atoms. The van der Waals surface area contributed by atoms with Gasteiger partial charge in [-0.3, -0.25) is 0 Å². The van der Waals surface area contributed by atoms with E-state index in [4.69, 9.17) is 28.4 Å². The Morgan fingerprint density at radius 2 is 0.886 bits per heavy atom. The Labute approximate surface area is 259 Å². The molecular formula is C38H38O6. The Kier molecular flexibility index (Phi) is 9.92. The fourth-order valence-corrected chi connectivity index (χ4v) is 4.41. The average molecular weight is 591 g/mol. The van der Waals surface area contributed by atoms with Gasteiger partial charge in [0.25, 0.3) is 0 Å². The number of ether oxygens (including phenoxy) is 6. The summed E-state index contributed by atoms with van der Waals surface area (Å²) in [4.78, 5) is 0. The maximum absolute atomic E-state index is 6.11. The lowest BCUT2D eigenvalue weighted by molar-refractivity contribution is 0.177. The van der Waals surface area contributed by atoms with E-state index < -0.39 is 0 Å². The van der Waals surface area contributed by atoms with Crippen molar-refractivity contribution in [1.82, 2.24) is 0 Å². The molecule has 2 fully saturated rings. The summed E-state index contributed by atoms with van der Waals surface area (Å²) in [6.07, 6.45) is 9.71. The summed E-state index contributed by atoms with van der Waals surface area (Å²) in [6.45, 7) is 5.49. The van der Waals surface area contributed by atoms with Crippen molar-refractivity contribution in [1.29, 1.82) is 0 Å². The second-order valence-corrected chi connectivity index (χ2v) is 11.0. The van der Waals surface area contributed by atoms with Gasteiger partial charge in [0.2, 0.25) is 0 Å². The second-order valence-electron chi connectivity index (χ2n) is 11.0. The zero-order valence-electron chi connectivity index (χ0n) is 25.0. The van der Waals surface area contributed by atoms with Gasteiger partial charge in [-0.15, -0.1) is 0 Å². The molecule has 6 rings (SSSR count). The van der Waals surface area contributed by atoms with Crippen LogP contribution >= 0.6 is 0 Å². The molecule has 0 radical (unpaired) electrons. The standard InChI is InChI=1S/C38H38O6/c1-28(44-36-20-12-32(13-21-36)5-4-31-10-18-35(19-11-31)41-25-38-27-43-38)22-23-39-33-14-6-29(7-15-33)2-3-30-8-16-34(17-9-30)40-24-37-26-42-37/h2-21,28,37-38H,22-27H2,1H3. The predicted molar refractivity (Wildman–Crippen MR) is 174 cm³/mol. The highest BCUT2D eigenvalue weighted by atomic mass is 16.6. The van der Waals surface area contributed by atoms with Crippen molar-refractivity contribution in [2.75, 3.05) is 33.0 Å². The smallest absolute Gasteiger partial charge is 0.119 e. The highest BCUT2D eigenvalue weighted by Crippen LogP contribution is 2.21. The maximum atomic E-state index is 6.11. The predicted octanol–water partition coefficient (Wildman–Crippen LogP) is 7.82. The third-order valence-electron chi connectivity index (χ3n) is 7.26. The third-order valence-corrected chi connectivity index (χ3v) is 7.26. The molecule has 44 heavy (non-hydrogen) atoms. The van der Waals surface area contributed by atoms with Crippen LogP contribution < -0.4 is 18.9 Å². The van der Waals surface area contributed by atoms with Gasteiger partial charge in [-0.05, 0) is 77.7 Å². The first kappa shape index (κ1) is 29.5. The second kappa shape index (κ2) is 14.8. The van der Waals surface area contributed by atoms with Crippen LogP contribution in [0.4, 0.5) is 0 Å². The van der Waals surface area contributed by atoms with Crippen LogP contribution in [0.2, 0.25) is 0 Å². The molecule has 4 aromatic carbocycles. The molecule has 0 saturated carbocycles. The summed E-state index contributed by atoms with van der Waals surface area (Å²) in [6, 6.07) is 32.4. The van der Waals surface area contributed by atoms with Gasteiger partial charge in [-0.2, -0.15) is 0 Å². The summed E-state index contributed by atoms with van der Waals surface area (Å²) < 4.78 is 33.8. The molecule has 6 heteroatoms. The molecule has 2 aliphatic rings. The van der Waals surface area contributed by atoms with Crippen LogP contribution in [-0.4, -0.2) is 51.3 Å². The highest BCUT2D eigenvalue weighted by Gasteiger charge is 2.23. The van der Waals surface area contributed by atoms with Crippen molar-refractivity contribution in [2.45, 2.75) is 31.7 Å². The molecule has 0 bridgehead atoms. The number of benzene rings is 4.